The second-order valence-electron chi connectivity index (χ2n) is 4.15. The Bertz CT molecular complexity index is 379. The van der Waals surface area contributed by atoms with Crippen LogP contribution in [0.5, 0.6) is 0 Å². The Morgan fingerprint density at radius 3 is 2.74 bits per heavy atom. The van der Waals surface area contributed by atoms with Crippen LogP contribution in [0.25, 0.3) is 0 Å². The third kappa shape index (κ3) is 6.68. The average Bonchev–Trinajstić information content (AvgIpc) is 2.36. The maximum Gasteiger partial charge on any atom is 0.158 e. The normalized spacial score (nSPS) is 11.0. The van der Waals surface area contributed by atoms with E-state index in [2.05, 4.69) is 20.2 Å². The van der Waals surface area contributed by atoms with E-state index in [1.807, 2.05) is 7.05 Å². The van der Waals surface area contributed by atoms with Crippen LogP contribution in [0.4, 0.5) is 5.82 Å². The molecule has 0 radical (unpaired) electrons. The molecule has 6 nitrogen and oxygen atoms in total. The number of methoxy groups -OCH3 is 2. The summed E-state index contributed by atoms with van der Waals surface area (Å²) < 4.78 is 10.0. The van der Waals surface area contributed by atoms with E-state index in [-0.39, 0.29) is 0 Å². The van der Waals surface area contributed by atoms with Crippen molar-refractivity contribution in [2.75, 3.05) is 52.8 Å². The molecule has 7 heteroatoms. The lowest BCUT2D eigenvalue weighted by Crippen LogP contribution is -2.28. The number of rotatable bonds is 9. The van der Waals surface area contributed by atoms with Gasteiger partial charge in [-0.15, -0.1) is 0 Å². The van der Waals surface area contributed by atoms with Gasteiger partial charge in [-0.3, -0.25) is 0 Å². The highest BCUT2D eigenvalue weighted by Gasteiger charge is 2.03. The van der Waals surface area contributed by atoms with E-state index < -0.39 is 0 Å². The van der Waals surface area contributed by atoms with E-state index in [1.54, 1.807) is 20.3 Å². The van der Waals surface area contributed by atoms with Crippen LogP contribution in [-0.2, 0) is 16.1 Å². The number of anilines is 1. The molecular weight excluding hydrogens is 268 g/mol. The van der Waals surface area contributed by atoms with Crippen molar-refractivity contribution in [2.45, 2.75) is 6.61 Å². The van der Waals surface area contributed by atoms with E-state index in [9.17, 15) is 0 Å². The average molecular weight is 289 g/mol. The van der Waals surface area contributed by atoms with Crippen LogP contribution in [0.1, 0.15) is 5.82 Å². The number of hydrogen-bond acceptors (Lipinski definition) is 6. The van der Waals surface area contributed by atoms with Gasteiger partial charge < -0.3 is 19.7 Å². The predicted octanol–water partition coefficient (Wildman–Crippen LogP) is 1.27. The molecular formula is C12H21ClN4O2. The minimum Gasteiger partial charge on any atom is -0.383 e. The van der Waals surface area contributed by atoms with Crippen molar-refractivity contribution in [1.29, 1.82) is 0 Å². The summed E-state index contributed by atoms with van der Waals surface area (Å²) in [5.41, 5.74) is 0. The fourth-order valence-electron chi connectivity index (χ4n) is 1.48. The summed E-state index contributed by atoms with van der Waals surface area (Å²) in [5.74, 6) is 1.29. The number of likely N-dealkylation sites (N-methyl/N-ethyl adjacent to an activating group) is 1. The summed E-state index contributed by atoms with van der Waals surface area (Å²) in [7, 11) is 5.35. The molecule has 0 unspecified atom stereocenters. The molecule has 0 saturated heterocycles. The van der Waals surface area contributed by atoms with Gasteiger partial charge in [0.2, 0.25) is 0 Å². The number of nitrogens with zero attached hydrogens (tertiary/aromatic N) is 3. The summed E-state index contributed by atoms with van der Waals surface area (Å²) in [6.45, 7) is 3.65. The molecule has 0 aliphatic heterocycles. The molecule has 1 aromatic rings. The highest BCUT2D eigenvalue weighted by molar-refractivity contribution is 6.29. The van der Waals surface area contributed by atoms with Crippen LogP contribution >= 0.6 is 11.6 Å². The van der Waals surface area contributed by atoms with E-state index in [0.717, 1.165) is 26.2 Å². The number of halogens is 1. The van der Waals surface area contributed by atoms with Gasteiger partial charge in [0.1, 0.15) is 17.6 Å². The van der Waals surface area contributed by atoms with Crippen LogP contribution in [0.2, 0.25) is 5.15 Å². The second-order valence-corrected chi connectivity index (χ2v) is 4.54. The standard InChI is InChI=1S/C12H21ClN4O2/c1-17(6-7-18-2)5-4-14-11-8-10(13)15-12(16-11)9-19-3/h8H,4-7,9H2,1-3H3,(H,14,15,16). The largest absolute Gasteiger partial charge is 0.383 e. The molecule has 1 N–H and O–H groups in total. The molecule has 0 atom stereocenters. The summed E-state index contributed by atoms with van der Waals surface area (Å²) >= 11 is 5.92. The van der Waals surface area contributed by atoms with Crippen LogP contribution in [0, 0.1) is 0 Å². The molecule has 108 valence electrons. The van der Waals surface area contributed by atoms with Gasteiger partial charge in [-0.1, -0.05) is 11.6 Å². The molecule has 1 aromatic heterocycles. The minimum atomic E-state index is 0.350. The number of aromatic nitrogens is 2. The zero-order valence-corrected chi connectivity index (χ0v) is 12.4. The summed E-state index contributed by atoms with van der Waals surface area (Å²) in [6.07, 6.45) is 0. The maximum atomic E-state index is 5.92. The Hall–Kier alpha value is -0.950. The van der Waals surface area contributed by atoms with Crippen LogP contribution in [0.15, 0.2) is 6.07 Å². The van der Waals surface area contributed by atoms with Gasteiger partial charge in [0.25, 0.3) is 0 Å². The van der Waals surface area contributed by atoms with E-state index in [0.29, 0.717) is 23.4 Å². The van der Waals surface area contributed by atoms with Crippen molar-refractivity contribution in [1.82, 2.24) is 14.9 Å². The molecule has 0 aromatic carbocycles. The molecule has 1 rings (SSSR count). The van der Waals surface area contributed by atoms with E-state index in [1.165, 1.54) is 0 Å². The molecule has 0 saturated carbocycles. The van der Waals surface area contributed by atoms with Crippen LogP contribution in [-0.4, -0.2) is 62.4 Å². The van der Waals surface area contributed by atoms with Crippen molar-refractivity contribution in [3.8, 4) is 0 Å². The smallest absolute Gasteiger partial charge is 0.158 e. The lowest BCUT2D eigenvalue weighted by Gasteiger charge is -2.16. The van der Waals surface area contributed by atoms with Gasteiger partial charge >= 0.3 is 0 Å². The molecule has 0 bridgehead atoms. The topological polar surface area (TPSA) is 59.5 Å². The quantitative estimate of drug-likeness (QED) is 0.691. The Labute approximate surface area is 119 Å². The third-order valence-electron chi connectivity index (χ3n) is 2.49. The Balaban J connectivity index is 2.40. The van der Waals surface area contributed by atoms with Gasteiger partial charge in [0.15, 0.2) is 5.82 Å². The third-order valence-corrected chi connectivity index (χ3v) is 2.69. The maximum absolute atomic E-state index is 5.92. The minimum absolute atomic E-state index is 0.350. The van der Waals surface area contributed by atoms with Crippen molar-refractivity contribution >= 4 is 17.4 Å². The first-order valence-corrected chi connectivity index (χ1v) is 6.47. The molecule has 0 aliphatic rings. The van der Waals surface area contributed by atoms with Crippen molar-refractivity contribution < 1.29 is 9.47 Å². The first-order chi connectivity index (χ1) is 9.15. The lowest BCUT2D eigenvalue weighted by atomic mass is 10.4. The van der Waals surface area contributed by atoms with Gasteiger partial charge in [-0.05, 0) is 7.05 Å². The Kier molecular flexibility index (Phi) is 7.66. The zero-order valence-electron chi connectivity index (χ0n) is 11.6. The molecule has 0 amide bonds. The monoisotopic (exact) mass is 288 g/mol. The first kappa shape index (κ1) is 16.1. The lowest BCUT2D eigenvalue weighted by molar-refractivity contribution is 0.163. The fourth-order valence-corrected chi connectivity index (χ4v) is 1.68. The van der Waals surface area contributed by atoms with Gasteiger partial charge in [-0.2, -0.15) is 0 Å². The van der Waals surface area contributed by atoms with Crippen LogP contribution < -0.4 is 5.32 Å². The SMILES string of the molecule is COCCN(C)CCNc1cc(Cl)nc(COC)n1. The number of ether oxygens (including phenoxy) is 2. The highest BCUT2D eigenvalue weighted by atomic mass is 35.5. The summed E-state index contributed by atoms with van der Waals surface area (Å²) in [6, 6.07) is 1.70. The van der Waals surface area contributed by atoms with Crippen molar-refractivity contribution in [3.63, 3.8) is 0 Å². The van der Waals surface area contributed by atoms with E-state index >= 15 is 0 Å². The molecule has 0 fully saturated rings. The van der Waals surface area contributed by atoms with Crippen LogP contribution in [0.3, 0.4) is 0 Å². The second kappa shape index (κ2) is 9.03. The van der Waals surface area contributed by atoms with Crippen molar-refractivity contribution in [3.05, 3.63) is 17.0 Å². The van der Waals surface area contributed by atoms with Gasteiger partial charge in [0.05, 0.1) is 6.61 Å². The molecule has 19 heavy (non-hydrogen) atoms. The summed E-state index contributed by atoms with van der Waals surface area (Å²) in [4.78, 5) is 10.6. The van der Waals surface area contributed by atoms with E-state index in [4.69, 9.17) is 21.1 Å². The predicted molar refractivity (Wildman–Crippen MR) is 75.6 cm³/mol. The molecule has 0 aliphatic carbocycles. The zero-order chi connectivity index (χ0) is 14.1. The first-order valence-electron chi connectivity index (χ1n) is 6.09. The summed E-state index contributed by atoms with van der Waals surface area (Å²) in [5, 5.41) is 3.63. The fraction of sp³-hybridized carbons (Fsp3) is 0.667. The molecule has 1 heterocycles. The Morgan fingerprint density at radius 2 is 2.05 bits per heavy atom. The molecule has 0 spiro atoms. The highest BCUT2D eigenvalue weighted by Crippen LogP contribution is 2.11. The van der Waals surface area contributed by atoms with Gasteiger partial charge in [0, 0.05) is 39.9 Å². The number of nitrogens with one attached hydrogen (secondary N) is 1. The number of hydrogen-bond donors (Lipinski definition) is 1. The van der Waals surface area contributed by atoms with Gasteiger partial charge in [-0.25, -0.2) is 9.97 Å². The van der Waals surface area contributed by atoms with Crippen molar-refractivity contribution in [2.24, 2.45) is 0 Å². The Morgan fingerprint density at radius 1 is 1.26 bits per heavy atom.